The minimum absolute atomic E-state index is 0.0307. The maximum absolute atomic E-state index is 14.0. The van der Waals surface area contributed by atoms with E-state index < -0.39 is 27.3 Å². The highest BCUT2D eigenvalue weighted by Gasteiger charge is 2.30. The van der Waals surface area contributed by atoms with Crippen LogP contribution >= 0.6 is 0 Å². The van der Waals surface area contributed by atoms with E-state index in [1.807, 2.05) is 65.6 Å². The van der Waals surface area contributed by atoms with Crippen LogP contribution in [0, 0.1) is 5.82 Å². The molecule has 2 heterocycles. The highest BCUT2D eigenvalue weighted by molar-refractivity contribution is 7.89. The number of sulfonamides is 1. The van der Waals surface area contributed by atoms with Gasteiger partial charge in [-0.1, -0.05) is 54.6 Å². The Balaban J connectivity index is 1.51. The predicted molar refractivity (Wildman–Crippen MR) is 151 cm³/mol. The van der Waals surface area contributed by atoms with Crippen LogP contribution in [0.5, 0.6) is 5.75 Å². The summed E-state index contributed by atoms with van der Waals surface area (Å²) in [4.78, 5) is 33.3. The van der Waals surface area contributed by atoms with E-state index in [-0.39, 0.29) is 41.0 Å². The molecule has 0 radical (unpaired) electrons. The molecule has 41 heavy (non-hydrogen) atoms. The average molecular weight is 578 g/mol. The number of para-hydroxylation sites is 1. The summed E-state index contributed by atoms with van der Waals surface area (Å²) in [6.45, 7) is 0.586. The van der Waals surface area contributed by atoms with E-state index in [4.69, 9.17) is 4.74 Å². The van der Waals surface area contributed by atoms with Crippen molar-refractivity contribution in [2.75, 3.05) is 25.5 Å². The standard InChI is InChI=1S/C29H28FN5O5S/c1-33(2)41(38,39)24-17-22(30)14-13-21(24)18-31-27(36)25-26(40-19-20-9-5-3-6-10-20)28(37)35-16-15-34(29(35)32-25)23-11-7-4-8-12-23/h3-14,17H,15-16,18-19H2,1-2H3,(H,31,36). The Kier molecular flexibility index (Phi) is 7.86. The van der Waals surface area contributed by atoms with Gasteiger partial charge in [-0.15, -0.1) is 0 Å². The third-order valence-corrected chi connectivity index (χ3v) is 8.53. The molecular weight excluding hydrogens is 549 g/mol. The Morgan fingerprint density at radius 3 is 2.39 bits per heavy atom. The van der Waals surface area contributed by atoms with Gasteiger partial charge in [0.05, 0.1) is 4.90 Å². The lowest BCUT2D eigenvalue weighted by Crippen LogP contribution is -2.31. The molecule has 0 spiro atoms. The Hall–Kier alpha value is -4.55. The van der Waals surface area contributed by atoms with Gasteiger partial charge < -0.3 is 15.0 Å². The molecule has 0 bridgehead atoms. The molecular formula is C29H28FN5O5S. The quantitative estimate of drug-likeness (QED) is 0.325. The number of rotatable bonds is 9. The summed E-state index contributed by atoms with van der Waals surface area (Å²) in [6.07, 6.45) is 0. The highest BCUT2D eigenvalue weighted by Crippen LogP contribution is 2.29. The van der Waals surface area contributed by atoms with Crippen LogP contribution in [0.3, 0.4) is 0 Å². The van der Waals surface area contributed by atoms with Gasteiger partial charge in [0.2, 0.25) is 21.7 Å². The molecule has 0 fully saturated rings. The van der Waals surface area contributed by atoms with Gasteiger partial charge in [0.1, 0.15) is 12.4 Å². The Labute approximate surface area is 236 Å². The first-order chi connectivity index (χ1) is 19.7. The first-order valence-corrected chi connectivity index (χ1v) is 14.2. The lowest BCUT2D eigenvalue weighted by molar-refractivity contribution is 0.0939. The van der Waals surface area contributed by atoms with E-state index in [0.717, 1.165) is 27.7 Å². The summed E-state index contributed by atoms with van der Waals surface area (Å²) in [5.74, 6) is -1.40. The molecule has 4 aromatic rings. The van der Waals surface area contributed by atoms with Crippen LogP contribution in [0.2, 0.25) is 0 Å². The predicted octanol–water partition coefficient (Wildman–Crippen LogP) is 3.29. The van der Waals surface area contributed by atoms with Crippen molar-refractivity contribution in [3.05, 3.63) is 112 Å². The van der Waals surface area contributed by atoms with Crippen molar-refractivity contribution in [1.29, 1.82) is 0 Å². The molecule has 1 aromatic heterocycles. The van der Waals surface area contributed by atoms with Gasteiger partial charge in [0, 0.05) is 39.4 Å². The summed E-state index contributed by atoms with van der Waals surface area (Å²) in [5, 5.41) is 2.64. The van der Waals surface area contributed by atoms with Gasteiger partial charge >= 0.3 is 0 Å². The van der Waals surface area contributed by atoms with Gasteiger partial charge in [0.25, 0.3) is 11.5 Å². The summed E-state index contributed by atoms with van der Waals surface area (Å²) < 4.78 is 47.9. The number of hydrogen-bond acceptors (Lipinski definition) is 7. The fourth-order valence-corrected chi connectivity index (χ4v) is 5.60. The van der Waals surface area contributed by atoms with Gasteiger partial charge in [0.15, 0.2) is 5.69 Å². The second kappa shape index (κ2) is 11.5. The zero-order chi connectivity index (χ0) is 29.1. The summed E-state index contributed by atoms with van der Waals surface area (Å²) in [7, 11) is -1.34. The fraction of sp³-hybridized carbons (Fsp3) is 0.207. The van der Waals surface area contributed by atoms with Gasteiger partial charge in [-0.25, -0.2) is 22.1 Å². The number of carbonyl (C=O) groups is 1. The van der Waals surface area contributed by atoms with Crippen molar-refractivity contribution in [2.24, 2.45) is 0 Å². The average Bonchev–Trinajstić information content (AvgIpc) is 3.41. The largest absolute Gasteiger partial charge is 0.481 e. The summed E-state index contributed by atoms with van der Waals surface area (Å²) in [5.41, 5.74) is 1.02. The fourth-order valence-electron chi connectivity index (χ4n) is 4.47. The van der Waals surface area contributed by atoms with E-state index in [0.29, 0.717) is 13.1 Å². The number of benzene rings is 3. The molecule has 3 aromatic carbocycles. The molecule has 12 heteroatoms. The molecule has 0 atom stereocenters. The molecule has 5 rings (SSSR count). The van der Waals surface area contributed by atoms with Crippen molar-refractivity contribution < 1.29 is 22.3 Å². The van der Waals surface area contributed by atoms with Crippen molar-refractivity contribution in [2.45, 2.75) is 24.6 Å². The maximum Gasteiger partial charge on any atom is 0.298 e. The Bertz CT molecular complexity index is 1750. The van der Waals surface area contributed by atoms with E-state index in [1.165, 1.54) is 24.7 Å². The molecule has 10 nitrogen and oxygen atoms in total. The molecule has 212 valence electrons. The van der Waals surface area contributed by atoms with Gasteiger partial charge in [-0.2, -0.15) is 0 Å². The van der Waals surface area contributed by atoms with Crippen LogP contribution in [0.4, 0.5) is 16.0 Å². The molecule has 1 amide bonds. The number of fused-ring (bicyclic) bond motifs is 1. The number of nitrogens with zero attached hydrogens (tertiary/aromatic N) is 4. The zero-order valence-electron chi connectivity index (χ0n) is 22.5. The Morgan fingerprint density at radius 2 is 1.71 bits per heavy atom. The van der Waals surface area contributed by atoms with Crippen LogP contribution in [-0.4, -0.2) is 48.8 Å². The lowest BCUT2D eigenvalue weighted by Gasteiger charge is -2.19. The molecule has 1 N–H and O–H groups in total. The zero-order valence-corrected chi connectivity index (χ0v) is 23.3. The number of anilines is 2. The normalized spacial score (nSPS) is 12.8. The number of ether oxygens (including phenoxy) is 1. The van der Waals surface area contributed by atoms with E-state index >= 15 is 0 Å². The molecule has 1 aliphatic heterocycles. The number of hydrogen-bond donors (Lipinski definition) is 1. The van der Waals surface area contributed by atoms with Crippen LogP contribution in [0.15, 0.2) is 88.6 Å². The molecule has 0 saturated carbocycles. The molecule has 0 aliphatic carbocycles. The second-order valence-electron chi connectivity index (χ2n) is 9.53. The maximum atomic E-state index is 14.0. The van der Waals surface area contributed by atoms with E-state index in [1.54, 1.807) is 0 Å². The number of halogens is 1. The SMILES string of the molecule is CN(C)S(=O)(=O)c1cc(F)ccc1CNC(=O)c1nc2n(c(=O)c1OCc1ccccc1)CCN2c1ccccc1. The van der Waals surface area contributed by atoms with Gasteiger partial charge in [-0.05, 0) is 35.4 Å². The second-order valence-corrected chi connectivity index (χ2v) is 11.7. The van der Waals surface area contributed by atoms with Gasteiger partial charge in [-0.3, -0.25) is 14.2 Å². The summed E-state index contributed by atoms with van der Waals surface area (Å²) in [6, 6.07) is 21.9. The Morgan fingerprint density at radius 1 is 1.02 bits per heavy atom. The van der Waals surface area contributed by atoms with Crippen LogP contribution in [0.25, 0.3) is 0 Å². The minimum Gasteiger partial charge on any atom is -0.481 e. The third-order valence-electron chi connectivity index (χ3n) is 6.63. The van der Waals surface area contributed by atoms with E-state index in [2.05, 4.69) is 10.3 Å². The monoisotopic (exact) mass is 577 g/mol. The van der Waals surface area contributed by atoms with Crippen molar-refractivity contribution >= 4 is 27.6 Å². The number of aromatic nitrogens is 2. The first-order valence-electron chi connectivity index (χ1n) is 12.8. The van der Waals surface area contributed by atoms with Crippen molar-refractivity contribution in [1.82, 2.24) is 19.2 Å². The first kappa shape index (κ1) is 28.0. The van der Waals surface area contributed by atoms with Crippen molar-refractivity contribution in [3.8, 4) is 5.75 Å². The third kappa shape index (κ3) is 5.70. The number of amides is 1. The molecule has 0 unspecified atom stereocenters. The van der Waals surface area contributed by atoms with Crippen LogP contribution in [0.1, 0.15) is 21.6 Å². The minimum atomic E-state index is -4.00. The molecule has 1 aliphatic rings. The lowest BCUT2D eigenvalue weighted by atomic mass is 10.2. The van der Waals surface area contributed by atoms with Crippen molar-refractivity contribution in [3.63, 3.8) is 0 Å². The summed E-state index contributed by atoms with van der Waals surface area (Å²) >= 11 is 0. The molecule has 0 saturated heterocycles. The smallest absolute Gasteiger partial charge is 0.298 e. The highest BCUT2D eigenvalue weighted by atomic mass is 32.2. The number of carbonyl (C=O) groups excluding carboxylic acids is 1. The van der Waals surface area contributed by atoms with Crippen LogP contribution < -0.4 is 20.5 Å². The van der Waals surface area contributed by atoms with Crippen LogP contribution in [-0.2, 0) is 29.7 Å². The topological polar surface area (TPSA) is 114 Å². The number of nitrogens with one attached hydrogen (secondary N) is 1. The van der Waals surface area contributed by atoms with E-state index in [9.17, 15) is 22.4 Å².